The van der Waals surface area contributed by atoms with Gasteiger partial charge in [0, 0.05) is 24.8 Å². The van der Waals surface area contributed by atoms with Crippen molar-refractivity contribution in [2.24, 2.45) is 0 Å². The van der Waals surface area contributed by atoms with E-state index in [9.17, 15) is 18.0 Å². The van der Waals surface area contributed by atoms with Crippen molar-refractivity contribution < 1.29 is 22.7 Å². The number of aromatic amines is 1. The summed E-state index contributed by atoms with van der Waals surface area (Å²) < 4.78 is 40.9. The lowest BCUT2D eigenvalue weighted by Gasteiger charge is -2.41. The number of aromatic nitrogens is 3. The molecule has 1 amide bonds. The molecule has 2 aliphatic rings. The molecular formula is C20H18F3N5O2. The number of alkyl halides is 3. The Balaban J connectivity index is 1.34. The number of benzene rings is 1. The predicted molar refractivity (Wildman–Crippen MR) is 102 cm³/mol. The number of rotatable bonds is 3. The van der Waals surface area contributed by atoms with Crippen LogP contribution < -0.4 is 9.64 Å². The topological polar surface area (TPSA) is 74.3 Å². The second-order valence-electron chi connectivity index (χ2n) is 7.51. The number of fused-ring (bicyclic) bond motifs is 3. The summed E-state index contributed by atoms with van der Waals surface area (Å²) in [5.41, 5.74) is 1.12. The lowest BCUT2D eigenvalue weighted by Crippen LogP contribution is -2.56. The molecule has 2 aliphatic heterocycles. The van der Waals surface area contributed by atoms with Crippen molar-refractivity contribution in [2.45, 2.75) is 31.3 Å². The Hall–Kier alpha value is -3.30. The van der Waals surface area contributed by atoms with E-state index >= 15 is 0 Å². The van der Waals surface area contributed by atoms with Crippen LogP contribution in [0, 0.1) is 0 Å². The quantitative estimate of drug-likeness (QED) is 0.708. The number of H-pyrrole nitrogens is 1. The monoisotopic (exact) mass is 417 g/mol. The van der Waals surface area contributed by atoms with Gasteiger partial charge in [-0.05, 0) is 43.2 Å². The summed E-state index contributed by atoms with van der Waals surface area (Å²) in [6.45, 7) is 1.30. The number of hydrogen-bond donors (Lipinski definition) is 1. The van der Waals surface area contributed by atoms with Crippen molar-refractivity contribution in [1.29, 1.82) is 0 Å². The van der Waals surface area contributed by atoms with Gasteiger partial charge in [-0.25, -0.2) is 9.97 Å². The van der Waals surface area contributed by atoms with Crippen molar-refractivity contribution in [2.75, 3.05) is 18.0 Å². The Morgan fingerprint density at radius 1 is 1.07 bits per heavy atom. The summed E-state index contributed by atoms with van der Waals surface area (Å²) in [5.74, 6) is 0.334. The van der Waals surface area contributed by atoms with Gasteiger partial charge >= 0.3 is 6.36 Å². The Bertz CT molecular complexity index is 1070. The number of halogens is 3. The number of nitrogens with one attached hydrogen (secondary N) is 1. The van der Waals surface area contributed by atoms with Crippen LogP contribution >= 0.6 is 0 Å². The van der Waals surface area contributed by atoms with E-state index < -0.39 is 6.36 Å². The lowest BCUT2D eigenvalue weighted by molar-refractivity contribution is -0.274. The average molecular weight is 417 g/mol. The standard InChI is InChI=1S/C20H18F3N5O2/c21-20(22,23)30-15-5-1-12(2-6-15)19(29)28-13-3-4-14(28)10-27(9-13)18-16-7-8-24-17(16)25-11-26-18/h1-2,5-8,11,13-14H,3-4,9-10H2,(H,24,25,26)/t13-,14-/m1/s1. The fourth-order valence-corrected chi connectivity index (χ4v) is 4.47. The van der Waals surface area contributed by atoms with Crippen molar-refractivity contribution in [1.82, 2.24) is 19.9 Å². The van der Waals surface area contributed by atoms with E-state index in [-0.39, 0.29) is 23.7 Å². The number of hydrogen-bond acceptors (Lipinski definition) is 5. The summed E-state index contributed by atoms with van der Waals surface area (Å²) in [5, 5.41) is 0.942. The minimum absolute atomic E-state index is 0.0197. The Labute approximate surface area is 169 Å². The first-order chi connectivity index (χ1) is 14.4. The zero-order chi connectivity index (χ0) is 20.9. The van der Waals surface area contributed by atoms with Gasteiger partial charge in [-0.1, -0.05) is 0 Å². The van der Waals surface area contributed by atoms with Crippen molar-refractivity contribution in [3.8, 4) is 5.75 Å². The molecule has 3 aromatic rings. The number of carbonyl (C=O) groups excluding carboxylic acids is 1. The second-order valence-corrected chi connectivity index (χ2v) is 7.51. The highest BCUT2D eigenvalue weighted by Gasteiger charge is 2.43. The average Bonchev–Trinajstić information content (AvgIpc) is 3.28. The molecule has 30 heavy (non-hydrogen) atoms. The number of nitrogens with zero attached hydrogens (tertiary/aromatic N) is 4. The molecule has 1 N–H and O–H groups in total. The normalized spacial score (nSPS) is 21.3. The van der Waals surface area contributed by atoms with Crippen molar-refractivity contribution in [3.63, 3.8) is 0 Å². The Morgan fingerprint density at radius 3 is 2.43 bits per heavy atom. The molecule has 2 atom stereocenters. The fourth-order valence-electron chi connectivity index (χ4n) is 4.47. The molecule has 2 fully saturated rings. The molecule has 4 heterocycles. The van der Waals surface area contributed by atoms with Crippen LogP contribution in [0.5, 0.6) is 5.75 Å². The highest BCUT2D eigenvalue weighted by molar-refractivity contribution is 5.95. The molecule has 2 aromatic heterocycles. The van der Waals surface area contributed by atoms with E-state index in [2.05, 4.69) is 24.6 Å². The zero-order valence-corrected chi connectivity index (χ0v) is 15.8. The lowest BCUT2D eigenvalue weighted by atomic mass is 10.1. The molecule has 5 rings (SSSR count). The number of piperazine rings is 1. The second kappa shape index (κ2) is 6.89. The van der Waals surface area contributed by atoms with E-state index in [1.807, 2.05) is 17.2 Å². The van der Waals surface area contributed by atoms with Crippen LogP contribution in [0.15, 0.2) is 42.9 Å². The van der Waals surface area contributed by atoms with Crippen LogP contribution in [-0.4, -0.2) is 57.3 Å². The highest BCUT2D eigenvalue weighted by Crippen LogP contribution is 2.35. The highest BCUT2D eigenvalue weighted by atomic mass is 19.4. The van der Waals surface area contributed by atoms with Crippen LogP contribution in [0.4, 0.5) is 19.0 Å². The van der Waals surface area contributed by atoms with Crippen LogP contribution in [0.1, 0.15) is 23.2 Å². The maximum absolute atomic E-state index is 13.1. The maximum atomic E-state index is 13.1. The molecular weight excluding hydrogens is 399 g/mol. The zero-order valence-electron chi connectivity index (χ0n) is 15.8. The maximum Gasteiger partial charge on any atom is 0.573 e. The Morgan fingerprint density at radius 2 is 1.77 bits per heavy atom. The number of carbonyl (C=O) groups is 1. The van der Waals surface area contributed by atoms with Crippen molar-refractivity contribution >= 4 is 22.8 Å². The van der Waals surface area contributed by atoms with Gasteiger partial charge in [-0.2, -0.15) is 0 Å². The number of amides is 1. The number of anilines is 1. The fraction of sp³-hybridized carbons (Fsp3) is 0.350. The predicted octanol–water partition coefficient (Wildman–Crippen LogP) is 3.35. The van der Waals surface area contributed by atoms with Gasteiger partial charge in [0.2, 0.25) is 0 Å². The third kappa shape index (κ3) is 3.31. The van der Waals surface area contributed by atoms with Gasteiger partial charge in [0.1, 0.15) is 23.5 Å². The SMILES string of the molecule is O=C(c1ccc(OC(F)(F)F)cc1)N1[C@@H]2CC[C@@H]1CN(c1ncnc3[nH]ccc13)C2. The molecule has 0 radical (unpaired) electrons. The van der Waals surface area contributed by atoms with E-state index in [0.717, 1.165) is 29.7 Å². The number of ether oxygens (including phenoxy) is 1. The first kappa shape index (κ1) is 18.7. The van der Waals surface area contributed by atoms with Gasteiger partial charge in [0.25, 0.3) is 5.91 Å². The minimum atomic E-state index is -4.76. The summed E-state index contributed by atoms with van der Waals surface area (Å²) in [6.07, 6.45) is 0.349. The summed E-state index contributed by atoms with van der Waals surface area (Å²) >= 11 is 0. The first-order valence-corrected chi connectivity index (χ1v) is 9.60. The molecule has 2 bridgehead atoms. The summed E-state index contributed by atoms with van der Waals surface area (Å²) in [4.78, 5) is 28.9. The third-order valence-electron chi connectivity index (χ3n) is 5.68. The van der Waals surface area contributed by atoms with Gasteiger partial charge < -0.3 is 19.5 Å². The molecule has 156 valence electrons. The molecule has 2 saturated heterocycles. The van der Waals surface area contributed by atoms with E-state index in [1.165, 1.54) is 30.6 Å². The molecule has 0 spiro atoms. The molecule has 0 unspecified atom stereocenters. The largest absolute Gasteiger partial charge is 0.573 e. The van der Waals surface area contributed by atoms with E-state index in [4.69, 9.17) is 0 Å². The Kier molecular flexibility index (Phi) is 4.30. The molecule has 10 heteroatoms. The minimum Gasteiger partial charge on any atom is -0.406 e. The van der Waals surface area contributed by atoms with Crippen LogP contribution in [0.3, 0.4) is 0 Å². The van der Waals surface area contributed by atoms with Crippen LogP contribution in [0.2, 0.25) is 0 Å². The van der Waals surface area contributed by atoms with Gasteiger partial charge in [0.15, 0.2) is 0 Å². The summed E-state index contributed by atoms with van der Waals surface area (Å²) in [7, 11) is 0. The summed E-state index contributed by atoms with van der Waals surface area (Å²) in [6, 6.07) is 7.07. The smallest absolute Gasteiger partial charge is 0.406 e. The van der Waals surface area contributed by atoms with Crippen molar-refractivity contribution in [3.05, 3.63) is 48.4 Å². The van der Waals surface area contributed by atoms with E-state index in [1.54, 1.807) is 0 Å². The van der Waals surface area contributed by atoms with E-state index in [0.29, 0.717) is 18.7 Å². The third-order valence-corrected chi connectivity index (χ3v) is 5.68. The van der Waals surface area contributed by atoms with Crippen LogP contribution in [-0.2, 0) is 0 Å². The molecule has 7 nitrogen and oxygen atoms in total. The van der Waals surface area contributed by atoms with Gasteiger partial charge in [-0.15, -0.1) is 13.2 Å². The molecule has 0 saturated carbocycles. The van der Waals surface area contributed by atoms with Gasteiger partial charge in [-0.3, -0.25) is 4.79 Å². The van der Waals surface area contributed by atoms with Gasteiger partial charge in [0.05, 0.1) is 17.5 Å². The molecule has 0 aliphatic carbocycles. The first-order valence-electron chi connectivity index (χ1n) is 9.60. The molecule has 1 aromatic carbocycles. The van der Waals surface area contributed by atoms with Crippen LogP contribution in [0.25, 0.3) is 11.0 Å².